The van der Waals surface area contributed by atoms with Crippen LogP contribution in [0.2, 0.25) is 0 Å². The van der Waals surface area contributed by atoms with Crippen LogP contribution in [-0.2, 0) is 20.8 Å². The molecule has 0 aliphatic heterocycles. The van der Waals surface area contributed by atoms with Crippen molar-refractivity contribution in [1.29, 1.82) is 0 Å². The van der Waals surface area contributed by atoms with Crippen LogP contribution in [0.4, 0.5) is 29.5 Å². The quantitative estimate of drug-likeness (QED) is 0.0908. The minimum atomic E-state index is -0.995. The summed E-state index contributed by atoms with van der Waals surface area (Å²) in [7, 11) is 1.43. The molecule has 13 nitrogen and oxygen atoms in total. The van der Waals surface area contributed by atoms with E-state index in [2.05, 4.69) is 30.7 Å². The van der Waals surface area contributed by atoms with Crippen molar-refractivity contribution in [2.24, 2.45) is 0 Å². The third kappa shape index (κ3) is 8.75. The van der Waals surface area contributed by atoms with E-state index in [4.69, 9.17) is 18.9 Å². The molecule has 0 saturated heterocycles. The van der Waals surface area contributed by atoms with Crippen LogP contribution < -0.4 is 20.1 Å². The van der Waals surface area contributed by atoms with Crippen LogP contribution in [0, 0.1) is 17.6 Å². The van der Waals surface area contributed by atoms with Crippen molar-refractivity contribution >= 4 is 34.5 Å². The zero-order valence-corrected chi connectivity index (χ0v) is 27.8. The fraction of sp³-hybridized carbons (Fsp3) is 0.294. The maximum atomic E-state index is 15.3. The summed E-state index contributed by atoms with van der Waals surface area (Å²) in [6.07, 6.45) is 1.95. The highest BCUT2D eigenvalue weighted by Gasteiger charge is 2.23. The molecule has 5 rings (SSSR count). The topological polar surface area (TPSA) is 152 Å². The van der Waals surface area contributed by atoms with Crippen molar-refractivity contribution in [2.45, 2.75) is 45.9 Å². The van der Waals surface area contributed by atoms with Gasteiger partial charge < -0.3 is 29.6 Å². The Morgan fingerprint density at radius 3 is 2.44 bits per heavy atom. The number of amides is 1. The smallest absolute Gasteiger partial charge is 0.408 e. The lowest BCUT2D eigenvalue weighted by atomic mass is 10.1. The van der Waals surface area contributed by atoms with E-state index in [9.17, 15) is 14.0 Å². The van der Waals surface area contributed by atoms with Gasteiger partial charge in [-0.15, -0.1) is 0 Å². The second-order valence-electron chi connectivity index (χ2n) is 11.9. The van der Waals surface area contributed by atoms with Crippen molar-refractivity contribution in [3.05, 3.63) is 84.1 Å². The van der Waals surface area contributed by atoms with Gasteiger partial charge in [-0.2, -0.15) is 9.49 Å². The second-order valence-corrected chi connectivity index (χ2v) is 11.9. The number of alkyl carbamates (subject to hydrolysis) is 1. The van der Waals surface area contributed by atoms with E-state index < -0.39 is 41.3 Å². The summed E-state index contributed by atoms with van der Waals surface area (Å²) in [6, 6.07) is 10.8. The summed E-state index contributed by atoms with van der Waals surface area (Å²) in [6.45, 7) is 5.76. The van der Waals surface area contributed by atoms with E-state index in [1.165, 1.54) is 37.2 Å². The molecule has 0 spiro atoms. The van der Waals surface area contributed by atoms with E-state index in [1.54, 1.807) is 51.1 Å². The fourth-order valence-corrected chi connectivity index (χ4v) is 4.69. The molecule has 262 valence electrons. The number of hydrogen-bond donors (Lipinski definition) is 2. The molecule has 0 aliphatic rings. The van der Waals surface area contributed by atoms with Crippen molar-refractivity contribution in [3.63, 3.8) is 0 Å². The lowest BCUT2D eigenvalue weighted by Crippen LogP contribution is -2.42. The fourth-order valence-electron chi connectivity index (χ4n) is 4.69. The number of aromatic nitrogens is 5. The van der Waals surface area contributed by atoms with Crippen LogP contribution in [0.15, 0.2) is 60.9 Å². The molecule has 2 N–H and O–H groups in total. The Hall–Kier alpha value is -5.93. The molecule has 0 saturated carbocycles. The van der Waals surface area contributed by atoms with Gasteiger partial charge in [0.25, 0.3) is 0 Å². The van der Waals surface area contributed by atoms with Gasteiger partial charge in [0, 0.05) is 41.0 Å². The third-order valence-electron chi connectivity index (χ3n) is 6.94. The van der Waals surface area contributed by atoms with Gasteiger partial charge in [-0.05, 0) is 39.8 Å². The van der Waals surface area contributed by atoms with Crippen LogP contribution in [-0.4, -0.2) is 68.8 Å². The maximum Gasteiger partial charge on any atom is 0.408 e. The zero-order valence-electron chi connectivity index (χ0n) is 27.8. The van der Waals surface area contributed by atoms with E-state index in [0.29, 0.717) is 22.3 Å². The van der Waals surface area contributed by atoms with E-state index in [1.807, 2.05) is 0 Å². The van der Waals surface area contributed by atoms with Crippen LogP contribution in [0.5, 0.6) is 11.5 Å². The number of ether oxygens (including phenoxy) is 4. The Morgan fingerprint density at radius 1 is 1.00 bits per heavy atom. The number of carbonyl (C=O) groups excluding carboxylic acids is 2. The molecule has 0 aliphatic carbocycles. The number of anilines is 2. The first-order chi connectivity index (χ1) is 23.8. The predicted molar refractivity (Wildman–Crippen MR) is 176 cm³/mol. The number of benzene rings is 2. The predicted octanol–water partition coefficient (Wildman–Crippen LogP) is 5.94. The number of pyridine rings is 1. The molecule has 3 heterocycles. The van der Waals surface area contributed by atoms with E-state index >= 15 is 8.78 Å². The summed E-state index contributed by atoms with van der Waals surface area (Å²) in [5.74, 6) is -2.62. The summed E-state index contributed by atoms with van der Waals surface area (Å²) < 4.78 is 66.7. The summed E-state index contributed by atoms with van der Waals surface area (Å²) in [5.41, 5.74) is 0.250. The number of carbonyl (C=O) groups is 2. The largest absolute Gasteiger partial charge is 0.491 e. The van der Waals surface area contributed by atoms with Crippen LogP contribution >= 0.6 is 0 Å². The highest BCUT2D eigenvalue weighted by molar-refractivity contribution is 5.92. The van der Waals surface area contributed by atoms with Gasteiger partial charge in [0.05, 0.1) is 25.4 Å². The average Bonchev–Trinajstić information content (AvgIpc) is 3.42. The Morgan fingerprint density at radius 2 is 1.74 bits per heavy atom. The minimum absolute atomic E-state index is 0.119. The molecular weight excluding hydrogens is 659 g/mol. The average molecular weight is 694 g/mol. The van der Waals surface area contributed by atoms with Crippen LogP contribution in [0.25, 0.3) is 22.4 Å². The lowest BCUT2D eigenvalue weighted by molar-refractivity contribution is -0.146. The van der Waals surface area contributed by atoms with E-state index in [-0.39, 0.29) is 48.5 Å². The normalized spacial score (nSPS) is 11.9. The number of para-hydroxylation sites is 1. The first-order valence-corrected chi connectivity index (χ1v) is 15.3. The molecule has 1 amide bonds. The molecule has 0 fully saturated rings. The summed E-state index contributed by atoms with van der Waals surface area (Å²) in [4.78, 5) is 36.5. The highest BCUT2D eigenvalue weighted by atomic mass is 19.1. The van der Waals surface area contributed by atoms with Gasteiger partial charge in [0.2, 0.25) is 5.95 Å². The third-order valence-corrected chi connectivity index (χ3v) is 6.94. The Labute approximate surface area is 284 Å². The van der Waals surface area contributed by atoms with Gasteiger partial charge in [0.1, 0.15) is 47.9 Å². The first-order valence-electron chi connectivity index (χ1n) is 15.3. The second kappa shape index (κ2) is 15.1. The van der Waals surface area contributed by atoms with E-state index in [0.717, 1.165) is 12.1 Å². The highest BCUT2D eigenvalue weighted by Crippen LogP contribution is 2.32. The molecule has 50 heavy (non-hydrogen) atoms. The van der Waals surface area contributed by atoms with Crippen LogP contribution in [0.1, 0.15) is 33.3 Å². The molecule has 1 atom stereocenters. The van der Waals surface area contributed by atoms with Crippen LogP contribution in [0.3, 0.4) is 0 Å². The molecule has 2 aromatic carbocycles. The Kier molecular flexibility index (Phi) is 10.7. The number of halogens is 3. The van der Waals surface area contributed by atoms with Gasteiger partial charge in [-0.25, -0.2) is 33.3 Å². The standard InChI is InChI=1S/C34H34F3N7O6/c1-19(40-33(46)50-34(2,3)4)32(45)49-13-12-48-21-15-24(35)23(25(36)16-21)18-44-26-9-7-6-8-22(26)29(43-44)31-39-17-27(47-5)30(42-31)41-20-10-11-38-28(37)14-20/h6-11,14-17,19H,12-13,18H2,1-5H3,(H,40,46)(H,38,39,41,42)/t19-/m0/s1. The molecule has 0 radical (unpaired) electrons. The molecule has 0 bridgehead atoms. The Bertz CT molecular complexity index is 1990. The van der Waals surface area contributed by atoms with Gasteiger partial charge in [-0.3, -0.25) is 4.68 Å². The van der Waals surface area contributed by atoms with Gasteiger partial charge >= 0.3 is 12.1 Å². The number of fused-ring (bicyclic) bond motifs is 1. The SMILES string of the molecule is COc1cnc(-c2nn(Cc3c(F)cc(OCCOC(=O)[C@H](C)NC(=O)OC(C)(C)C)cc3F)c3ccccc23)nc1Nc1ccnc(F)c1. The van der Waals surface area contributed by atoms with Gasteiger partial charge in [-0.1, -0.05) is 18.2 Å². The van der Waals surface area contributed by atoms with Crippen molar-refractivity contribution in [1.82, 2.24) is 30.0 Å². The van der Waals surface area contributed by atoms with Crippen molar-refractivity contribution in [3.8, 4) is 23.0 Å². The minimum Gasteiger partial charge on any atom is -0.491 e. The van der Waals surface area contributed by atoms with Gasteiger partial charge in [0.15, 0.2) is 17.4 Å². The molecule has 5 aromatic rings. The Balaban J connectivity index is 1.28. The number of esters is 1. The summed E-state index contributed by atoms with van der Waals surface area (Å²) >= 11 is 0. The molecular formula is C34H34F3N7O6. The molecule has 0 unspecified atom stereocenters. The number of nitrogens with zero attached hydrogens (tertiary/aromatic N) is 5. The maximum absolute atomic E-state index is 15.3. The molecule has 16 heteroatoms. The number of nitrogens with one attached hydrogen (secondary N) is 2. The number of hydrogen-bond acceptors (Lipinski definition) is 11. The number of methoxy groups -OCH3 is 1. The monoisotopic (exact) mass is 693 g/mol. The first kappa shape index (κ1) is 35.4. The van der Waals surface area contributed by atoms with Crippen molar-refractivity contribution < 1.29 is 41.7 Å². The van der Waals surface area contributed by atoms with Crippen molar-refractivity contribution in [2.75, 3.05) is 25.6 Å². The lowest BCUT2D eigenvalue weighted by Gasteiger charge is -2.21. The summed E-state index contributed by atoms with van der Waals surface area (Å²) in [5, 5.41) is 10.6. The number of rotatable bonds is 12. The zero-order chi connectivity index (χ0) is 36.0. The molecule has 3 aromatic heterocycles.